The van der Waals surface area contributed by atoms with Crippen LogP contribution in [0.5, 0.6) is 0 Å². The highest BCUT2D eigenvalue weighted by Gasteiger charge is 2.18. The highest BCUT2D eigenvalue weighted by molar-refractivity contribution is 7.15. The van der Waals surface area contributed by atoms with E-state index in [2.05, 4.69) is 20.8 Å². The Labute approximate surface area is 139 Å². The maximum atomic E-state index is 12.3. The lowest BCUT2D eigenvalue weighted by molar-refractivity contribution is -0.117. The first kappa shape index (κ1) is 16.7. The van der Waals surface area contributed by atoms with Crippen LogP contribution in [0.25, 0.3) is 0 Å². The fourth-order valence-electron chi connectivity index (χ4n) is 1.88. The summed E-state index contributed by atoms with van der Waals surface area (Å²) in [6.45, 7) is 5.89. The smallest absolute Gasteiger partial charge is 0.248 e. The molecule has 1 atom stereocenters. The van der Waals surface area contributed by atoms with Crippen molar-refractivity contribution in [3.8, 4) is 0 Å². The van der Waals surface area contributed by atoms with Crippen LogP contribution in [-0.4, -0.2) is 22.1 Å². The normalized spacial score (nSPS) is 12.0. The second kappa shape index (κ2) is 7.56. The number of amides is 1. The van der Waals surface area contributed by atoms with E-state index in [-0.39, 0.29) is 11.9 Å². The van der Waals surface area contributed by atoms with Gasteiger partial charge in [0.1, 0.15) is 11.0 Å². The summed E-state index contributed by atoms with van der Waals surface area (Å²) in [5.41, 5.74) is 1.83. The second-order valence-electron chi connectivity index (χ2n) is 4.91. The number of aryl methyl sites for hydroxylation is 2. The van der Waals surface area contributed by atoms with Crippen molar-refractivity contribution in [1.29, 1.82) is 0 Å². The summed E-state index contributed by atoms with van der Waals surface area (Å²) in [6.07, 6.45) is 1.46. The highest BCUT2D eigenvalue weighted by Crippen LogP contribution is 2.21. The third-order valence-corrected chi connectivity index (χ3v) is 4.63. The largest absolute Gasteiger partial charge is 0.374 e. The van der Waals surface area contributed by atoms with Gasteiger partial charge in [-0.1, -0.05) is 42.9 Å². The maximum absolute atomic E-state index is 12.3. The van der Waals surface area contributed by atoms with Crippen LogP contribution in [-0.2, 0) is 11.2 Å². The van der Waals surface area contributed by atoms with E-state index in [4.69, 9.17) is 11.6 Å². The molecule has 0 radical (unpaired) electrons. The Bertz CT molecular complexity index is 659. The number of nitrogens with zero attached hydrogens (tertiary/aromatic N) is 2. The van der Waals surface area contributed by atoms with E-state index >= 15 is 0 Å². The van der Waals surface area contributed by atoms with Gasteiger partial charge >= 0.3 is 0 Å². The van der Waals surface area contributed by atoms with Crippen molar-refractivity contribution in [1.82, 2.24) is 10.2 Å². The molecule has 2 rings (SSSR count). The zero-order valence-electron chi connectivity index (χ0n) is 12.8. The summed E-state index contributed by atoms with van der Waals surface area (Å²) in [7, 11) is 0. The number of halogens is 1. The number of anilines is 2. The Kier molecular flexibility index (Phi) is 5.74. The SMILES string of the molecule is CCc1nnc(NC(=O)[C@@H](CC)Nc2ccc(C)c(Cl)c2)s1. The van der Waals surface area contributed by atoms with E-state index in [1.165, 1.54) is 11.3 Å². The van der Waals surface area contributed by atoms with Gasteiger partial charge in [-0.25, -0.2) is 0 Å². The molecule has 0 aliphatic carbocycles. The molecule has 0 bridgehead atoms. The first-order valence-corrected chi connectivity index (χ1v) is 8.38. The minimum absolute atomic E-state index is 0.127. The number of benzene rings is 1. The summed E-state index contributed by atoms with van der Waals surface area (Å²) in [5, 5.41) is 16.1. The van der Waals surface area contributed by atoms with Crippen LogP contribution in [0.2, 0.25) is 5.02 Å². The second-order valence-corrected chi connectivity index (χ2v) is 6.38. The molecule has 1 amide bonds. The lowest BCUT2D eigenvalue weighted by Crippen LogP contribution is -2.34. The quantitative estimate of drug-likeness (QED) is 0.838. The molecule has 2 aromatic rings. The Morgan fingerprint density at radius 3 is 2.73 bits per heavy atom. The van der Waals surface area contributed by atoms with Crippen LogP contribution in [0.4, 0.5) is 10.8 Å². The molecule has 1 aromatic carbocycles. The molecule has 0 unspecified atom stereocenters. The molecular weight excluding hydrogens is 320 g/mol. The Hall–Kier alpha value is -1.66. The van der Waals surface area contributed by atoms with Gasteiger partial charge in [-0.05, 0) is 37.5 Å². The molecule has 118 valence electrons. The van der Waals surface area contributed by atoms with E-state index in [9.17, 15) is 4.79 Å². The van der Waals surface area contributed by atoms with Crippen molar-refractivity contribution < 1.29 is 4.79 Å². The lowest BCUT2D eigenvalue weighted by Gasteiger charge is -2.17. The molecule has 0 saturated carbocycles. The number of hydrogen-bond acceptors (Lipinski definition) is 5. The maximum Gasteiger partial charge on any atom is 0.248 e. The minimum atomic E-state index is -0.354. The van der Waals surface area contributed by atoms with Crippen molar-refractivity contribution in [3.05, 3.63) is 33.8 Å². The van der Waals surface area contributed by atoms with Gasteiger partial charge < -0.3 is 5.32 Å². The number of nitrogens with one attached hydrogen (secondary N) is 2. The average Bonchev–Trinajstić information content (AvgIpc) is 2.95. The Morgan fingerprint density at radius 2 is 2.14 bits per heavy atom. The number of rotatable bonds is 6. The zero-order chi connectivity index (χ0) is 16.1. The van der Waals surface area contributed by atoms with Gasteiger partial charge in [0, 0.05) is 10.7 Å². The van der Waals surface area contributed by atoms with Crippen LogP contribution in [0.1, 0.15) is 30.8 Å². The summed E-state index contributed by atoms with van der Waals surface area (Å²) in [6, 6.07) is 5.31. The summed E-state index contributed by atoms with van der Waals surface area (Å²) < 4.78 is 0. The molecule has 5 nitrogen and oxygen atoms in total. The van der Waals surface area contributed by atoms with Crippen LogP contribution in [0.3, 0.4) is 0 Å². The number of hydrogen-bond donors (Lipinski definition) is 2. The molecule has 1 aromatic heterocycles. The van der Waals surface area contributed by atoms with E-state index in [0.29, 0.717) is 16.6 Å². The van der Waals surface area contributed by atoms with Crippen LogP contribution in [0.15, 0.2) is 18.2 Å². The van der Waals surface area contributed by atoms with Gasteiger partial charge in [0.15, 0.2) is 0 Å². The molecule has 7 heteroatoms. The van der Waals surface area contributed by atoms with Crippen molar-refractivity contribution in [2.24, 2.45) is 0 Å². The first-order chi connectivity index (χ1) is 10.5. The van der Waals surface area contributed by atoms with Crippen molar-refractivity contribution >= 4 is 39.7 Å². The predicted molar refractivity (Wildman–Crippen MR) is 91.8 cm³/mol. The average molecular weight is 339 g/mol. The monoisotopic (exact) mass is 338 g/mol. The molecule has 0 aliphatic heterocycles. The number of aromatic nitrogens is 2. The molecule has 0 aliphatic rings. The topological polar surface area (TPSA) is 66.9 Å². The third kappa shape index (κ3) is 4.18. The molecule has 2 N–H and O–H groups in total. The number of carbonyl (C=O) groups is 1. The van der Waals surface area contributed by atoms with E-state index in [1.54, 1.807) is 0 Å². The standard InChI is InChI=1S/C15H19ClN4OS/c1-4-12(17-10-7-6-9(3)11(16)8-10)14(21)18-15-20-19-13(5-2)22-15/h6-8,12,17H,4-5H2,1-3H3,(H,18,20,21)/t12-/m1/s1. The van der Waals surface area contributed by atoms with Gasteiger partial charge in [0.05, 0.1) is 0 Å². The van der Waals surface area contributed by atoms with Gasteiger partial charge in [0.2, 0.25) is 11.0 Å². The molecule has 22 heavy (non-hydrogen) atoms. The Balaban J connectivity index is 2.03. The third-order valence-electron chi connectivity index (χ3n) is 3.24. The zero-order valence-corrected chi connectivity index (χ0v) is 14.4. The summed E-state index contributed by atoms with van der Waals surface area (Å²) in [4.78, 5) is 12.3. The van der Waals surface area contributed by atoms with Crippen LogP contribution in [0, 0.1) is 6.92 Å². The molecule has 0 saturated heterocycles. The van der Waals surface area contributed by atoms with Crippen molar-refractivity contribution in [3.63, 3.8) is 0 Å². The van der Waals surface area contributed by atoms with Crippen molar-refractivity contribution in [2.45, 2.75) is 39.7 Å². The number of carbonyl (C=O) groups excluding carboxylic acids is 1. The summed E-state index contributed by atoms with van der Waals surface area (Å²) in [5.74, 6) is -0.127. The van der Waals surface area contributed by atoms with Gasteiger partial charge in [-0.2, -0.15) is 0 Å². The molecule has 0 spiro atoms. The van der Waals surface area contributed by atoms with Gasteiger partial charge in [-0.15, -0.1) is 10.2 Å². The molecule has 1 heterocycles. The highest BCUT2D eigenvalue weighted by atomic mass is 35.5. The van der Waals surface area contributed by atoms with E-state index in [1.807, 2.05) is 39.0 Å². The van der Waals surface area contributed by atoms with E-state index in [0.717, 1.165) is 22.7 Å². The molecular formula is C15H19ClN4OS. The summed E-state index contributed by atoms with van der Waals surface area (Å²) >= 11 is 7.51. The molecule has 0 fully saturated rings. The fraction of sp³-hybridized carbons (Fsp3) is 0.400. The van der Waals surface area contributed by atoms with Crippen LogP contribution < -0.4 is 10.6 Å². The van der Waals surface area contributed by atoms with Crippen molar-refractivity contribution in [2.75, 3.05) is 10.6 Å². The van der Waals surface area contributed by atoms with E-state index < -0.39 is 0 Å². The minimum Gasteiger partial charge on any atom is -0.374 e. The fourth-order valence-corrected chi connectivity index (χ4v) is 2.74. The van der Waals surface area contributed by atoms with Gasteiger partial charge in [-0.3, -0.25) is 10.1 Å². The lowest BCUT2D eigenvalue weighted by atomic mass is 10.1. The predicted octanol–water partition coefficient (Wildman–Crippen LogP) is 3.89. The van der Waals surface area contributed by atoms with Crippen LogP contribution >= 0.6 is 22.9 Å². The Morgan fingerprint density at radius 1 is 1.36 bits per heavy atom. The first-order valence-electron chi connectivity index (χ1n) is 7.19. The van der Waals surface area contributed by atoms with Gasteiger partial charge in [0.25, 0.3) is 0 Å².